The third-order valence-electron chi connectivity index (χ3n) is 3.81. The van der Waals surface area contributed by atoms with E-state index >= 15 is 0 Å². The third-order valence-corrected chi connectivity index (χ3v) is 4.75. The molecule has 0 aliphatic heterocycles. The molecule has 3 nitrogen and oxygen atoms in total. The molecule has 3 aromatic rings. The third kappa shape index (κ3) is 3.13. The van der Waals surface area contributed by atoms with Gasteiger partial charge in [-0.15, -0.1) is 0 Å². The molecule has 0 bridgehead atoms. The van der Waals surface area contributed by atoms with Crippen LogP contribution in [0.2, 0.25) is 0 Å². The predicted octanol–water partition coefficient (Wildman–Crippen LogP) is 3.77. The molecule has 3 rings (SSSR count). The van der Waals surface area contributed by atoms with Crippen molar-refractivity contribution in [2.75, 3.05) is 6.26 Å². The molecule has 0 unspecified atom stereocenters. The van der Waals surface area contributed by atoms with E-state index in [4.69, 9.17) is 4.42 Å². The molecule has 0 aliphatic rings. The van der Waals surface area contributed by atoms with E-state index in [9.17, 15) is 4.21 Å². The van der Waals surface area contributed by atoms with Gasteiger partial charge in [0.2, 0.25) is 0 Å². The molecule has 1 atom stereocenters. The quantitative estimate of drug-likeness (QED) is 0.779. The average molecular weight is 313 g/mol. The second-order valence-electron chi connectivity index (χ2n) is 5.35. The Bertz CT molecular complexity index is 806. The fraction of sp³-hybridized carbons (Fsp3) is 0.222. The van der Waals surface area contributed by atoms with Gasteiger partial charge in [-0.1, -0.05) is 30.3 Å². The summed E-state index contributed by atoms with van der Waals surface area (Å²) < 4.78 is 17.2. The van der Waals surface area contributed by atoms with Gasteiger partial charge in [-0.3, -0.25) is 4.21 Å². The first-order valence-corrected chi connectivity index (χ1v) is 8.81. The molecule has 0 saturated heterocycles. The molecule has 0 fully saturated rings. The van der Waals surface area contributed by atoms with Gasteiger partial charge in [0.1, 0.15) is 11.3 Å². The Labute approximate surface area is 132 Å². The molecule has 0 amide bonds. The summed E-state index contributed by atoms with van der Waals surface area (Å²) in [7, 11) is -0.920. The number of fused-ring (bicyclic) bond motifs is 1. The van der Waals surface area contributed by atoms with Crippen molar-refractivity contribution in [3.8, 4) is 0 Å². The van der Waals surface area contributed by atoms with Crippen LogP contribution in [0.1, 0.15) is 16.9 Å². The zero-order valence-corrected chi connectivity index (χ0v) is 13.6. The lowest BCUT2D eigenvalue weighted by atomic mass is 10.1. The van der Waals surface area contributed by atoms with Crippen molar-refractivity contribution in [2.45, 2.75) is 24.9 Å². The summed E-state index contributed by atoms with van der Waals surface area (Å²) in [6.07, 6.45) is 1.69. The highest BCUT2D eigenvalue weighted by Gasteiger charge is 2.09. The summed E-state index contributed by atoms with van der Waals surface area (Å²) in [5, 5.41) is 4.57. The second-order valence-corrected chi connectivity index (χ2v) is 6.73. The molecule has 4 heteroatoms. The number of furan rings is 1. The summed E-state index contributed by atoms with van der Waals surface area (Å²) in [5.41, 5.74) is 3.30. The fourth-order valence-electron chi connectivity index (χ4n) is 2.51. The van der Waals surface area contributed by atoms with E-state index in [0.717, 1.165) is 22.8 Å². The van der Waals surface area contributed by atoms with Crippen LogP contribution in [-0.4, -0.2) is 10.5 Å². The molecule has 0 spiro atoms. The lowest BCUT2D eigenvalue weighted by Gasteiger charge is -2.05. The molecule has 1 heterocycles. The summed E-state index contributed by atoms with van der Waals surface area (Å²) in [4.78, 5) is 0.858. The molecular formula is C18H19NO2S. The normalized spacial score (nSPS) is 12.6. The highest BCUT2D eigenvalue weighted by molar-refractivity contribution is 7.84. The van der Waals surface area contributed by atoms with Crippen LogP contribution in [0.5, 0.6) is 0 Å². The molecule has 0 aliphatic carbocycles. The number of para-hydroxylation sites is 1. The number of nitrogens with one attached hydrogen (secondary N) is 1. The monoisotopic (exact) mass is 313 g/mol. The van der Waals surface area contributed by atoms with Crippen LogP contribution in [-0.2, 0) is 23.9 Å². The Morgan fingerprint density at radius 3 is 2.45 bits per heavy atom. The van der Waals surface area contributed by atoms with E-state index in [2.05, 4.69) is 18.3 Å². The van der Waals surface area contributed by atoms with E-state index in [0.29, 0.717) is 6.54 Å². The van der Waals surface area contributed by atoms with Crippen LogP contribution >= 0.6 is 0 Å². The topological polar surface area (TPSA) is 42.2 Å². The second kappa shape index (κ2) is 6.46. The number of aryl methyl sites for hydroxylation is 1. The molecular weight excluding hydrogens is 294 g/mol. The van der Waals surface area contributed by atoms with E-state index in [1.165, 1.54) is 16.5 Å². The van der Waals surface area contributed by atoms with Gasteiger partial charge in [-0.2, -0.15) is 0 Å². The minimum absolute atomic E-state index is 0.696. The predicted molar refractivity (Wildman–Crippen MR) is 90.3 cm³/mol. The van der Waals surface area contributed by atoms with Crippen LogP contribution in [0.4, 0.5) is 0 Å². The van der Waals surface area contributed by atoms with Crippen LogP contribution in [0.15, 0.2) is 57.8 Å². The van der Waals surface area contributed by atoms with Crippen LogP contribution in [0, 0.1) is 6.92 Å². The zero-order chi connectivity index (χ0) is 15.5. The van der Waals surface area contributed by atoms with Crippen molar-refractivity contribution < 1.29 is 8.63 Å². The van der Waals surface area contributed by atoms with E-state index < -0.39 is 10.8 Å². The number of benzene rings is 2. The van der Waals surface area contributed by atoms with Gasteiger partial charge in [0.05, 0.1) is 6.54 Å². The zero-order valence-electron chi connectivity index (χ0n) is 12.8. The van der Waals surface area contributed by atoms with Crippen LogP contribution in [0.25, 0.3) is 11.0 Å². The maximum absolute atomic E-state index is 11.4. The van der Waals surface area contributed by atoms with Gasteiger partial charge < -0.3 is 9.73 Å². The Kier molecular flexibility index (Phi) is 4.41. The molecule has 2 aromatic carbocycles. The van der Waals surface area contributed by atoms with Crippen molar-refractivity contribution >= 4 is 21.8 Å². The molecule has 1 N–H and O–H groups in total. The van der Waals surface area contributed by atoms with E-state index in [-0.39, 0.29) is 0 Å². The maximum Gasteiger partial charge on any atom is 0.134 e. The summed E-state index contributed by atoms with van der Waals surface area (Å²) >= 11 is 0. The van der Waals surface area contributed by atoms with E-state index in [1.807, 2.05) is 42.5 Å². The highest BCUT2D eigenvalue weighted by atomic mass is 32.2. The standard InChI is InChI=1S/C18H19NO2S/c1-13-16-5-3-4-6-17(16)21-18(13)12-19-11-14-7-9-15(10-8-14)22(2)20/h3-10,19H,11-12H2,1-2H3/t22-/m1/s1. The van der Waals surface area contributed by atoms with Crippen LogP contribution in [0.3, 0.4) is 0 Å². The average Bonchev–Trinajstić information content (AvgIpc) is 2.85. The first-order chi connectivity index (χ1) is 10.6. The Hall–Kier alpha value is -1.91. The van der Waals surface area contributed by atoms with Crippen molar-refractivity contribution in [1.29, 1.82) is 0 Å². The van der Waals surface area contributed by atoms with Gasteiger partial charge in [0.15, 0.2) is 0 Å². The molecule has 0 radical (unpaired) electrons. The van der Waals surface area contributed by atoms with Gasteiger partial charge >= 0.3 is 0 Å². The van der Waals surface area contributed by atoms with Crippen LogP contribution < -0.4 is 5.32 Å². The highest BCUT2D eigenvalue weighted by Crippen LogP contribution is 2.24. The maximum atomic E-state index is 11.4. The lowest BCUT2D eigenvalue weighted by molar-refractivity contribution is 0.510. The number of rotatable bonds is 5. The first kappa shape index (κ1) is 15.0. The van der Waals surface area contributed by atoms with Crippen molar-refractivity contribution in [2.24, 2.45) is 0 Å². The van der Waals surface area contributed by atoms with Gasteiger partial charge in [0.25, 0.3) is 0 Å². The SMILES string of the molecule is Cc1c(CNCc2ccc([S@@](C)=O)cc2)oc2ccccc12. The van der Waals surface area contributed by atoms with Gasteiger partial charge in [-0.25, -0.2) is 0 Å². The minimum atomic E-state index is -0.920. The molecule has 114 valence electrons. The van der Waals surface area contributed by atoms with Gasteiger partial charge in [0, 0.05) is 33.9 Å². The fourth-order valence-corrected chi connectivity index (χ4v) is 3.03. The summed E-state index contributed by atoms with van der Waals surface area (Å²) in [6, 6.07) is 15.9. The van der Waals surface area contributed by atoms with Gasteiger partial charge in [-0.05, 0) is 36.2 Å². The van der Waals surface area contributed by atoms with Crippen molar-refractivity contribution in [1.82, 2.24) is 5.32 Å². The molecule has 1 aromatic heterocycles. The summed E-state index contributed by atoms with van der Waals surface area (Å²) in [5.74, 6) is 0.979. The Morgan fingerprint density at radius 2 is 1.77 bits per heavy atom. The van der Waals surface area contributed by atoms with Crippen molar-refractivity contribution in [3.05, 3.63) is 65.4 Å². The van der Waals surface area contributed by atoms with E-state index in [1.54, 1.807) is 6.26 Å². The first-order valence-electron chi connectivity index (χ1n) is 7.25. The molecule has 0 saturated carbocycles. The smallest absolute Gasteiger partial charge is 0.134 e. The number of hydrogen-bond donors (Lipinski definition) is 1. The minimum Gasteiger partial charge on any atom is -0.459 e. The van der Waals surface area contributed by atoms with Crippen molar-refractivity contribution in [3.63, 3.8) is 0 Å². The Balaban J connectivity index is 1.64. The molecule has 22 heavy (non-hydrogen) atoms. The Morgan fingerprint density at radius 1 is 1.05 bits per heavy atom. The lowest BCUT2D eigenvalue weighted by Crippen LogP contribution is -2.12. The largest absolute Gasteiger partial charge is 0.459 e. The number of hydrogen-bond acceptors (Lipinski definition) is 3. The summed E-state index contributed by atoms with van der Waals surface area (Å²) in [6.45, 7) is 3.54.